The minimum absolute atomic E-state index is 0.0783. The molecule has 3 aromatic rings. The van der Waals surface area contributed by atoms with Gasteiger partial charge >= 0.3 is 5.97 Å². The molecule has 0 aliphatic carbocycles. The Morgan fingerprint density at radius 3 is 2.31 bits per heavy atom. The largest absolute Gasteiger partial charge is 0.481 e. The van der Waals surface area contributed by atoms with E-state index in [1.165, 1.54) is 12.1 Å². The van der Waals surface area contributed by atoms with Crippen molar-refractivity contribution in [3.05, 3.63) is 83.9 Å². The second kappa shape index (κ2) is 10.4. The molecule has 0 aliphatic heterocycles. The van der Waals surface area contributed by atoms with Gasteiger partial charge < -0.3 is 19.9 Å². The van der Waals surface area contributed by atoms with Crippen LogP contribution in [0.3, 0.4) is 0 Å². The Morgan fingerprint density at radius 1 is 1.06 bits per heavy atom. The molecule has 0 bridgehead atoms. The summed E-state index contributed by atoms with van der Waals surface area (Å²) in [5.41, 5.74) is 4.60. The first-order chi connectivity index (χ1) is 15.3. The number of halogens is 1. The lowest BCUT2D eigenvalue weighted by atomic mass is 9.97. The van der Waals surface area contributed by atoms with E-state index in [9.17, 15) is 19.4 Å². The summed E-state index contributed by atoms with van der Waals surface area (Å²) < 4.78 is 15.6. The van der Waals surface area contributed by atoms with Crippen LogP contribution in [0.1, 0.15) is 43.9 Å². The van der Waals surface area contributed by atoms with E-state index >= 15 is 0 Å². The molecule has 0 spiro atoms. The maximum Gasteiger partial charge on any atom is 0.305 e. The summed E-state index contributed by atoms with van der Waals surface area (Å²) in [6.07, 6.45) is 2.72. The highest BCUT2D eigenvalue weighted by Crippen LogP contribution is 2.35. The molecule has 0 aliphatic rings. The van der Waals surface area contributed by atoms with Crippen molar-refractivity contribution < 1.29 is 24.5 Å². The molecule has 3 N–H and O–H groups in total. The molecule has 0 amide bonds. The topological polar surface area (TPSA) is 82.7 Å². The smallest absolute Gasteiger partial charge is 0.305 e. The zero-order valence-corrected chi connectivity index (χ0v) is 18.1. The minimum atomic E-state index is -1.14. The molecule has 2 aromatic carbocycles. The van der Waals surface area contributed by atoms with Gasteiger partial charge in [0.2, 0.25) is 0 Å². The van der Waals surface area contributed by atoms with Gasteiger partial charge in [-0.1, -0.05) is 56.3 Å². The van der Waals surface area contributed by atoms with Gasteiger partial charge in [-0.25, -0.2) is 4.39 Å². The van der Waals surface area contributed by atoms with E-state index in [1.807, 2.05) is 36.5 Å². The van der Waals surface area contributed by atoms with E-state index in [2.05, 4.69) is 18.4 Å². The number of aromatic nitrogens is 1. The average Bonchev–Trinajstić information content (AvgIpc) is 3.12. The molecular formula is C26H28FNO4. The normalized spacial score (nSPS) is 13.6. The second-order valence-electron chi connectivity index (χ2n) is 8.12. The zero-order valence-electron chi connectivity index (χ0n) is 18.1. The van der Waals surface area contributed by atoms with Gasteiger partial charge in [-0.15, -0.1) is 0 Å². The van der Waals surface area contributed by atoms with Crippen LogP contribution < -0.4 is 0 Å². The second-order valence-corrected chi connectivity index (χ2v) is 8.12. The van der Waals surface area contributed by atoms with Crippen molar-refractivity contribution in [2.45, 2.75) is 44.8 Å². The van der Waals surface area contributed by atoms with Crippen LogP contribution in [0.4, 0.5) is 4.39 Å². The fourth-order valence-electron chi connectivity index (χ4n) is 3.81. The number of benzene rings is 2. The van der Waals surface area contributed by atoms with Crippen LogP contribution in [-0.4, -0.2) is 38.1 Å². The molecule has 0 saturated carbocycles. The van der Waals surface area contributed by atoms with Crippen molar-refractivity contribution in [3.63, 3.8) is 0 Å². The Hall–Kier alpha value is -3.22. The summed E-state index contributed by atoms with van der Waals surface area (Å²) in [6.45, 7) is 4.15. The summed E-state index contributed by atoms with van der Waals surface area (Å²) in [7, 11) is 0. The van der Waals surface area contributed by atoms with Gasteiger partial charge in [-0.3, -0.25) is 4.79 Å². The Morgan fingerprint density at radius 2 is 1.72 bits per heavy atom. The molecule has 2 unspecified atom stereocenters. The van der Waals surface area contributed by atoms with E-state index in [4.69, 9.17) is 5.11 Å². The van der Waals surface area contributed by atoms with Crippen LogP contribution in [0, 0.1) is 5.82 Å². The Bertz CT molecular complexity index is 1070. The van der Waals surface area contributed by atoms with Crippen LogP contribution in [0.2, 0.25) is 0 Å². The van der Waals surface area contributed by atoms with Crippen molar-refractivity contribution in [2.75, 3.05) is 0 Å². The number of carboxylic acids is 1. The molecule has 1 aromatic heterocycles. The number of aliphatic carboxylic acids is 1. The maximum atomic E-state index is 13.5. The molecule has 6 heteroatoms. The van der Waals surface area contributed by atoms with Crippen LogP contribution in [-0.2, 0) is 4.79 Å². The number of hydrogen-bond donors (Lipinski definition) is 3. The highest BCUT2D eigenvalue weighted by atomic mass is 19.1. The Kier molecular flexibility index (Phi) is 7.62. The number of aliphatic hydroxyl groups excluding tert-OH is 2. The van der Waals surface area contributed by atoms with Crippen LogP contribution in [0.5, 0.6) is 0 Å². The third-order valence-electron chi connectivity index (χ3n) is 5.23. The first kappa shape index (κ1) is 23.4. The van der Waals surface area contributed by atoms with E-state index in [-0.39, 0.29) is 18.2 Å². The molecule has 0 fully saturated rings. The van der Waals surface area contributed by atoms with E-state index < -0.39 is 24.6 Å². The van der Waals surface area contributed by atoms with E-state index in [0.29, 0.717) is 0 Å². The quantitative estimate of drug-likeness (QED) is 0.440. The lowest BCUT2D eigenvalue weighted by molar-refractivity contribution is -0.139. The van der Waals surface area contributed by atoms with Gasteiger partial charge in [-0.2, -0.15) is 0 Å². The maximum absolute atomic E-state index is 13.5. The van der Waals surface area contributed by atoms with Gasteiger partial charge in [0.1, 0.15) is 5.82 Å². The molecule has 168 valence electrons. The molecule has 5 nitrogen and oxygen atoms in total. The molecule has 3 rings (SSSR count). The van der Waals surface area contributed by atoms with Crippen LogP contribution >= 0.6 is 0 Å². The van der Waals surface area contributed by atoms with Crippen molar-refractivity contribution >= 4 is 12.0 Å². The first-order valence-electron chi connectivity index (χ1n) is 10.6. The third kappa shape index (κ3) is 5.72. The molecule has 32 heavy (non-hydrogen) atoms. The molecule has 2 atom stereocenters. The average molecular weight is 438 g/mol. The lowest BCUT2D eigenvalue weighted by Gasteiger charge is -2.14. The van der Waals surface area contributed by atoms with Gasteiger partial charge in [0, 0.05) is 35.1 Å². The summed E-state index contributed by atoms with van der Waals surface area (Å²) in [5, 5.41) is 29.0. The summed E-state index contributed by atoms with van der Waals surface area (Å²) >= 11 is 0. The number of hydrogen-bond acceptors (Lipinski definition) is 3. The van der Waals surface area contributed by atoms with Crippen molar-refractivity contribution in [2.24, 2.45) is 0 Å². The fraction of sp³-hybridized carbons (Fsp3) is 0.269. The van der Waals surface area contributed by atoms with Gasteiger partial charge in [0.25, 0.3) is 0 Å². The Balaban J connectivity index is 2.06. The van der Waals surface area contributed by atoms with Gasteiger partial charge in [0.05, 0.1) is 18.6 Å². The number of para-hydroxylation sites is 1. The molecular weight excluding hydrogens is 409 g/mol. The monoisotopic (exact) mass is 437 g/mol. The standard InChI is InChI=1S/C26H28FNO4/c1-17(2)26-23(13-12-21(29)14-22(30)15-25(31)32)24(18-8-10-19(27)11-9-18)16-28(26)20-6-4-3-5-7-20/h3-13,16-17,21-22,29-30H,14-15H2,1-2H3,(H,31,32). The Labute approximate surface area is 187 Å². The lowest BCUT2D eigenvalue weighted by Crippen LogP contribution is -2.19. The fourth-order valence-corrected chi connectivity index (χ4v) is 3.81. The van der Waals surface area contributed by atoms with Crippen LogP contribution in [0.15, 0.2) is 66.9 Å². The number of nitrogens with zero attached hydrogens (tertiary/aromatic N) is 1. The van der Waals surface area contributed by atoms with Gasteiger partial charge in [0.15, 0.2) is 0 Å². The van der Waals surface area contributed by atoms with E-state index in [1.54, 1.807) is 24.3 Å². The highest BCUT2D eigenvalue weighted by molar-refractivity contribution is 5.78. The molecule has 1 heterocycles. The van der Waals surface area contributed by atoms with Crippen molar-refractivity contribution in [1.82, 2.24) is 4.57 Å². The highest BCUT2D eigenvalue weighted by Gasteiger charge is 2.20. The molecule has 0 saturated heterocycles. The summed E-state index contributed by atoms with van der Waals surface area (Å²) in [4.78, 5) is 10.8. The van der Waals surface area contributed by atoms with Gasteiger partial charge in [-0.05, 0) is 35.7 Å². The van der Waals surface area contributed by atoms with Crippen molar-refractivity contribution in [3.8, 4) is 16.8 Å². The number of carbonyl (C=O) groups is 1. The molecule has 0 radical (unpaired) electrons. The predicted octanol–water partition coefficient (Wildman–Crippen LogP) is 5.01. The summed E-state index contributed by atoms with van der Waals surface area (Å²) in [5.74, 6) is -1.30. The van der Waals surface area contributed by atoms with E-state index in [0.717, 1.165) is 28.1 Å². The summed E-state index contributed by atoms with van der Waals surface area (Å²) in [6, 6.07) is 16.1. The predicted molar refractivity (Wildman–Crippen MR) is 123 cm³/mol. The number of carboxylic acid groups (broad SMARTS) is 1. The number of aliphatic hydroxyl groups is 2. The van der Waals surface area contributed by atoms with Crippen LogP contribution in [0.25, 0.3) is 22.9 Å². The minimum Gasteiger partial charge on any atom is -0.481 e. The third-order valence-corrected chi connectivity index (χ3v) is 5.23. The number of rotatable bonds is 9. The SMILES string of the molecule is CC(C)c1c(C=CC(O)CC(O)CC(=O)O)c(-c2ccc(F)cc2)cn1-c1ccccc1. The first-order valence-corrected chi connectivity index (χ1v) is 10.6. The van der Waals surface area contributed by atoms with Crippen molar-refractivity contribution in [1.29, 1.82) is 0 Å². The zero-order chi connectivity index (χ0) is 23.3.